The number of hydrogen-bond donors (Lipinski definition) is 2. The predicted octanol–water partition coefficient (Wildman–Crippen LogP) is 4.73. The summed E-state index contributed by atoms with van der Waals surface area (Å²) in [7, 11) is 0. The minimum Gasteiger partial charge on any atom is -0.354 e. The molecule has 1 aromatic heterocycles. The molecule has 4 aromatic rings. The van der Waals surface area contributed by atoms with E-state index in [4.69, 9.17) is 0 Å². The number of nitrogens with zero attached hydrogens (tertiary/aromatic N) is 1. The highest BCUT2D eigenvalue weighted by Crippen LogP contribution is 2.23. The van der Waals surface area contributed by atoms with Gasteiger partial charge in [0.1, 0.15) is 0 Å². The summed E-state index contributed by atoms with van der Waals surface area (Å²) in [6, 6.07) is 36.2. The number of benzene rings is 3. The zero-order valence-electron chi connectivity index (χ0n) is 18.6. The van der Waals surface area contributed by atoms with Gasteiger partial charge in [-0.1, -0.05) is 97.1 Å². The highest BCUT2D eigenvalue weighted by molar-refractivity contribution is 5.82. The molecule has 0 aliphatic heterocycles. The van der Waals surface area contributed by atoms with Gasteiger partial charge in [0.2, 0.25) is 5.91 Å². The van der Waals surface area contributed by atoms with Gasteiger partial charge in [-0.05, 0) is 35.2 Å². The summed E-state index contributed by atoms with van der Waals surface area (Å²) < 4.78 is 0. The lowest BCUT2D eigenvalue weighted by Gasteiger charge is -2.22. The fourth-order valence-corrected chi connectivity index (χ4v) is 3.96. The van der Waals surface area contributed by atoms with Gasteiger partial charge in [0.25, 0.3) is 0 Å². The summed E-state index contributed by atoms with van der Waals surface area (Å²) in [6.07, 6.45) is 2.38. The second kappa shape index (κ2) is 11.7. The molecule has 3 aromatic carbocycles. The minimum absolute atomic E-state index is 0.00773. The molecule has 1 unspecified atom stereocenters. The van der Waals surface area contributed by atoms with Crippen molar-refractivity contribution in [1.82, 2.24) is 15.6 Å². The van der Waals surface area contributed by atoms with E-state index in [0.717, 1.165) is 11.3 Å². The zero-order valence-corrected chi connectivity index (χ0v) is 18.6. The lowest BCUT2D eigenvalue weighted by molar-refractivity contribution is -0.123. The first-order chi connectivity index (χ1) is 16.3. The summed E-state index contributed by atoms with van der Waals surface area (Å²) in [4.78, 5) is 17.7. The topological polar surface area (TPSA) is 54.0 Å². The van der Waals surface area contributed by atoms with E-state index in [1.807, 2.05) is 72.8 Å². The molecular formula is C29H29N3O. The third-order valence-electron chi connectivity index (χ3n) is 5.74. The Morgan fingerprint density at radius 3 is 1.88 bits per heavy atom. The van der Waals surface area contributed by atoms with Crippen molar-refractivity contribution in [2.75, 3.05) is 6.54 Å². The van der Waals surface area contributed by atoms with Crippen molar-refractivity contribution >= 4 is 5.91 Å². The number of carbonyl (C=O) groups excluding carboxylic acids is 1. The van der Waals surface area contributed by atoms with Gasteiger partial charge in [0.05, 0.1) is 11.7 Å². The molecule has 0 radical (unpaired) electrons. The number of pyridine rings is 1. The van der Waals surface area contributed by atoms with Crippen LogP contribution in [-0.2, 0) is 17.8 Å². The minimum atomic E-state index is -0.360. The Hall–Kier alpha value is -3.76. The molecule has 0 saturated carbocycles. The Kier molecular flexibility index (Phi) is 7.98. The SMILES string of the molecule is O=C(NCC(c1ccccc1)c1ccccc1)C(Cc1ccccc1)NCc1ccccn1. The Balaban J connectivity index is 1.48. The largest absolute Gasteiger partial charge is 0.354 e. The molecular weight excluding hydrogens is 406 g/mol. The van der Waals surface area contributed by atoms with Crippen molar-refractivity contribution in [2.45, 2.75) is 24.9 Å². The summed E-state index contributed by atoms with van der Waals surface area (Å²) in [5, 5.41) is 6.63. The van der Waals surface area contributed by atoms with Crippen molar-refractivity contribution in [1.29, 1.82) is 0 Å². The highest BCUT2D eigenvalue weighted by atomic mass is 16.2. The van der Waals surface area contributed by atoms with Crippen molar-refractivity contribution in [3.05, 3.63) is 138 Å². The summed E-state index contributed by atoms with van der Waals surface area (Å²) >= 11 is 0. The van der Waals surface area contributed by atoms with E-state index in [2.05, 4.69) is 52.0 Å². The molecule has 33 heavy (non-hydrogen) atoms. The number of nitrogens with one attached hydrogen (secondary N) is 2. The van der Waals surface area contributed by atoms with Crippen LogP contribution >= 0.6 is 0 Å². The molecule has 1 heterocycles. The number of carbonyl (C=O) groups is 1. The fraction of sp³-hybridized carbons (Fsp3) is 0.172. The normalized spacial score (nSPS) is 11.8. The van der Waals surface area contributed by atoms with Gasteiger partial charge in [-0.3, -0.25) is 15.1 Å². The average Bonchev–Trinajstić information content (AvgIpc) is 2.89. The lowest BCUT2D eigenvalue weighted by atomic mass is 9.91. The molecule has 0 fully saturated rings. The van der Waals surface area contributed by atoms with Crippen LogP contribution in [0.4, 0.5) is 0 Å². The van der Waals surface area contributed by atoms with Gasteiger partial charge >= 0.3 is 0 Å². The van der Waals surface area contributed by atoms with E-state index in [-0.39, 0.29) is 17.9 Å². The third-order valence-corrected chi connectivity index (χ3v) is 5.74. The Morgan fingerprint density at radius 1 is 0.727 bits per heavy atom. The maximum Gasteiger partial charge on any atom is 0.237 e. The Morgan fingerprint density at radius 2 is 1.30 bits per heavy atom. The van der Waals surface area contributed by atoms with Crippen molar-refractivity contribution in [2.24, 2.45) is 0 Å². The van der Waals surface area contributed by atoms with Crippen LogP contribution in [0.25, 0.3) is 0 Å². The number of rotatable bonds is 10. The van der Waals surface area contributed by atoms with Gasteiger partial charge in [0, 0.05) is 25.2 Å². The highest BCUT2D eigenvalue weighted by Gasteiger charge is 2.21. The Labute approximate surface area is 195 Å². The number of aromatic nitrogens is 1. The first kappa shape index (κ1) is 22.4. The molecule has 0 spiro atoms. The second-order valence-electron chi connectivity index (χ2n) is 8.06. The van der Waals surface area contributed by atoms with E-state index in [0.29, 0.717) is 19.5 Å². The molecule has 0 bridgehead atoms. The molecule has 0 saturated heterocycles. The van der Waals surface area contributed by atoms with E-state index >= 15 is 0 Å². The van der Waals surface area contributed by atoms with Crippen molar-refractivity contribution < 1.29 is 4.79 Å². The van der Waals surface area contributed by atoms with E-state index in [1.165, 1.54) is 11.1 Å². The first-order valence-electron chi connectivity index (χ1n) is 11.3. The van der Waals surface area contributed by atoms with Crippen molar-refractivity contribution in [3.8, 4) is 0 Å². The van der Waals surface area contributed by atoms with Gasteiger partial charge in [-0.25, -0.2) is 0 Å². The van der Waals surface area contributed by atoms with Gasteiger partial charge in [-0.15, -0.1) is 0 Å². The van der Waals surface area contributed by atoms with Crippen LogP contribution in [0.5, 0.6) is 0 Å². The number of hydrogen-bond acceptors (Lipinski definition) is 3. The average molecular weight is 436 g/mol. The van der Waals surface area contributed by atoms with Crippen LogP contribution < -0.4 is 10.6 Å². The quantitative estimate of drug-likeness (QED) is 0.379. The smallest absolute Gasteiger partial charge is 0.237 e. The standard InChI is InChI=1S/C29H29N3O/c33-29(32-22-27(24-14-6-2-7-15-24)25-16-8-3-9-17-25)28(20-23-12-4-1-5-13-23)31-21-26-18-10-11-19-30-26/h1-19,27-28,31H,20-22H2,(H,32,33). The summed E-state index contributed by atoms with van der Waals surface area (Å²) in [6.45, 7) is 1.07. The molecule has 0 aliphatic carbocycles. The monoisotopic (exact) mass is 435 g/mol. The third kappa shape index (κ3) is 6.61. The first-order valence-corrected chi connectivity index (χ1v) is 11.3. The van der Waals surface area contributed by atoms with Crippen LogP contribution in [0.1, 0.15) is 28.3 Å². The van der Waals surface area contributed by atoms with Crippen LogP contribution in [0.3, 0.4) is 0 Å². The van der Waals surface area contributed by atoms with E-state index < -0.39 is 0 Å². The molecule has 1 atom stereocenters. The maximum absolute atomic E-state index is 13.3. The van der Waals surface area contributed by atoms with Crippen LogP contribution in [0, 0.1) is 0 Å². The summed E-state index contributed by atoms with van der Waals surface area (Å²) in [5.74, 6) is 0.0798. The molecule has 166 valence electrons. The second-order valence-corrected chi connectivity index (χ2v) is 8.06. The van der Waals surface area contributed by atoms with Gasteiger partial charge < -0.3 is 5.32 Å². The van der Waals surface area contributed by atoms with Crippen LogP contribution in [-0.4, -0.2) is 23.5 Å². The van der Waals surface area contributed by atoms with Crippen molar-refractivity contribution in [3.63, 3.8) is 0 Å². The predicted molar refractivity (Wildman–Crippen MR) is 133 cm³/mol. The molecule has 0 aliphatic rings. The van der Waals surface area contributed by atoms with E-state index in [9.17, 15) is 4.79 Å². The number of amides is 1. The summed E-state index contributed by atoms with van der Waals surface area (Å²) in [5.41, 5.74) is 4.40. The molecule has 4 heteroatoms. The fourth-order valence-electron chi connectivity index (χ4n) is 3.96. The Bertz CT molecular complexity index is 1060. The lowest BCUT2D eigenvalue weighted by Crippen LogP contribution is -2.46. The van der Waals surface area contributed by atoms with Crippen LogP contribution in [0.2, 0.25) is 0 Å². The molecule has 2 N–H and O–H groups in total. The van der Waals surface area contributed by atoms with E-state index in [1.54, 1.807) is 6.20 Å². The molecule has 1 amide bonds. The van der Waals surface area contributed by atoms with Crippen LogP contribution in [0.15, 0.2) is 115 Å². The maximum atomic E-state index is 13.3. The molecule has 4 nitrogen and oxygen atoms in total. The molecule has 4 rings (SSSR count). The zero-order chi connectivity index (χ0) is 22.7. The van der Waals surface area contributed by atoms with Gasteiger partial charge in [-0.2, -0.15) is 0 Å². The van der Waals surface area contributed by atoms with Gasteiger partial charge in [0.15, 0.2) is 0 Å².